The van der Waals surface area contributed by atoms with Gasteiger partial charge in [0.2, 0.25) is 0 Å². The molecule has 0 aliphatic carbocycles. The molecule has 11 nitrogen and oxygen atoms in total. The minimum absolute atomic E-state index is 0.102. The molecule has 0 radical (unpaired) electrons. The van der Waals surface area contributed by atoms with Crippen molar-refractivity contribution in [3.8, 4) is 0 Å². The van der Waals surface area contributed by atoms with Crippen LogP contribution in [0.15, 0.2) is 36.8 Å². The maximum atomic E-state index is 12.7. The van der Waals surface area contributed by atoms with Crippen LogP contribution in [0, 0.1) is 10.1 Å². The number of hydrazine groups is 1. The molecular formula is C15H18N6O5. The Hall–Kier alpha value is -3.15. The molecule has 0 saturated carbocycles. The second-order valence-electron chi connectivity index (χ2n) is 5.45. The summed E-state index contributed by atoms with van der Waals surface area (Å²) in [5.74, 6) is -1.74. The smallest absolute Gasteiger partial charge is 0.308 e. The number of benzene rings is 1. The molecule has 0 saturated heterocycles. The normalized spacial score (nSPS) is 13.0. The Morgan fingerprint density at radius 3 is 2.58 bits per heavy atom. The van der Waals surface area contributed by atoms with Gasteiger partial charge in [0, 0.05) is 23.9 Å². The Morgan fingerprint density at radius 2 is 2.00 bits per heavy atom. The molecule has 2 aromatic rings. The van der Waals surface area contributed by atoms with Gasteiger partial charge in [-0.25, -0.2) is 15.1 Å². The number of aromatic amines is 1. The molecular weight excluding hydrogens is 344 g/mol. The summed E-state index contributed by atoms with van der Waals surface area (Å²) in [5.41, 5.74) is 11.6. The van der Waals surface area contributed by atoms with Crippen LogP contribution in [0.2, 0.25) is 0 Å². The van der Waals surface area contributed by atoms with E-state index in [1.54, 1.807) is 0 Å². The molecule has 26 heavy (non-hydrogen) atoms. The van der Waals surface area contributed by atoms with Gasteiger partial charge in [-0.15, -0.1) is 0 Å². The summed E-state index contributed by atoms with van der Waals surface area (Å²) in [6.45, 7) is -0.779. The van der Waals surface area contributed by atoms with Crippen LogP contribution >= 0.6 is 0 Å². The number of aliphatic hydroxyl groups excluding tert-OH is 1. The Balaban J connectivity index is 2.37. The zero-order valence-corrected chi connectivity index (χ0v) is 13.6. The summed E-state index contributed by atoms with van der Waals surface area (Å²) < 4.78 is 0. The van der Waals surface area contributed by atoms with Crippen molar-refractivity contribution in [3.63, 3.8) is 0 Å². The largest absolute Gasteiger partial charge is 0.394 e. The third-order valence-electron chi connectivity index (χ3n) is 3.62. The molecule has 1 aromatic carbocycles. The lowest BCUT2D eigenvalue weighted by Gasteiger charge is -2.19. The third-order valence-corrected chi connectivity index (χ3v) is 3.62. The van der Waals surface area contributed by atoms with E-state index >= 15 is 0 Å². The first-order valence-electron chi connectivity index (χ1n) is 7.57. The average molecular weight is 362 g/mol. The van der Waals surface area contributed by atoms with Crippen LogP contribution in [-0.2, 0) is 11.2 Å². The summed E-state index contributed by atoms with van der Waals surface area (Å²) in [5, 5.41) is 19.5. The first-order chi connectivity index (χ1) is 12.4. The Kier molecular flexibility index (Phi) is 6.11. The van der Waals surface area contributed by atoms with E-state index in [9.17, 15) is 19.7 Å². The highest BCUT2D eigenvalue weighted by atomic mass is 16.7. The minimum Gasteiger partial charge on any atom is -0.394 e. The van der Waals surface area contributed by atoms with Crippen molar-refractivity contribution >= 4 is 17.4 Å². The van der Waals surface area contributed by atoms with E-state index in [2.05, 4.69) is 9.97 Å². The fraction of sp³-hybridized carbons (Fsp3) is 0.267. The number of carbonyl (C=O) groups is 2. The lowest BCUT2D eigenvalue weighted by molar-refractivity contribution is -0.484. The van der Waals surface area contributed by atoms with E-state index in [1.807, 2.05) is 0 Å². The van der Waals surface area contributed by atoms with Crippen LogP contribution in [0.5, 0.6) is 0 Å². The van der Waals surface area contributed by atoms with Crippen molar-refractivity contribution in [3.05, 3.63) is 58.2 Å². The van der Waals surface area contributed by atoms with Crippen LogP contribution < -0.4 is 16.5 Å². The second kappa shape index (κ2) is 8.29. The number of amides is 1. The Bertz CT molecular complexity index is 794. The van der Waals surface area contributed by atoms with Gasteiger partial charge in [0.15, 0.2) is 10.8 Å². The molecule has 1 heterocycles. The van der Waals surface area contributed by atoms with E-state index in [0.717, 1.165) is 0 Å². The number of anilines is 1. The zero-order chi connectivity index (χ0) is 19.3. The number of nitrogens with zero attached hydrogens (tertiary/aromatic N) is 3. The van der Waals surface area contributed by atoms with E-state index in [4.69, 9.17) is 16.6 Å². The summed E-state index contributed by atoms with van der Waals surface area (Å²) in [7, 11) is 0. The first-order valence-corrected chi connectivity index (χ1v) is 7.57. The van der Waals surface area contributed by atoms with Crippen LogP contribution in [0.1, 0.15) is 16.1 Å². The molecule has 2 atom stereocenters. The predicted molar refractivity (Wildman–Crippen MR) is 90.6 cm³/mol. The Morgan fingerprint density at radius 1 is 1.31 bits per heavy atom. The third kappa shape index (κ3) is 4.08. The van der Waals surface area contributed by atoms with Gasteiger partial charge in [-0.2, -0.15) is 0 Å². The van der Waals surface area contributed by atoms with Gasteiger partial charge in [0.25, 0.3) is 0 Å². The van der Waals surface area contributed by atoms with Crippen LogP contribution in [0.3, 0.4) is 0 Å². The van der Waals surface area contributed by atoms with E-state index in [-0.39, 0.29) is 22.7 Å². The highest BCUT2D eigenvalue weighted by Gasteiger charge is 2.35. The number of carbonyl (C=O) groups excluding carboxylic acids is 2. The van der Waals surface area contributed by atoms with Gasteiger partial charge >= 0.3 is 5.91 Å². The molecule has 0 bridgehead atoms. The Labute approximate surface area is 147 Å². The molecule has 0 aliphatic heterocycles. The fourth-order valence-electron chi connectivity index (χ4n) is 2.31. The van der Waals surface area contributed by atoms with Crippen molar-refractivity contribution in [2.24, 2.45) is 11.5 Å². The molecule has 138 valence electrons. The highest BCUT2D eigenvalue weighted by Crippen LogP contribution is 2.23. The molecule has 1 aromatic heterocycles. The monoisotopic (exact) mass is 362 g/mol. The van der Waals surface area contributed by atoms with Crippen LogP contribution in [0.4, 0.5) is 5.69 Å². The number of nitrogens with two attached hydrogens (primary N) is 2. The number of Topliss-reactive ketones (excluding diaryl/α,β-unsaturated/α-hetero) is 1. The number of imidazole rings is 1. The highest BCUT2D eigenvalue weighted by molar-refractivity contribution is 6.08. The number of aromatic nitrogens is 2. The summed E-state index contributed by atoms with van der Waals surface area (Å²) >= 11 is 0. The summed E-state index contributed by atoms with van der Waals surface area (Å²) in [6, 6.07) is 2.99. The number of rotatable bonds is 8. The van der Waals surface area contributed by atoms with Crippen molar-refractivity contribution < 1.29 is 19.7 Å². The van der Waals surface area contributed by atoms with E-state index in [0.29, 0.717) is 5.69 Å². The van der Waals surface area contributed by atoms with Crippen LogP contribution in [0.25, 0.3) is 0 Å². The minimum atomic E-state index is -1.50. The molecule has 0 fully saturated rings. The summed E-state index contributed by atoms with van der Waals surface area (Å²) in [6.07, 6.45) is 3.08. The maximum absolute atomic E-state index is 12.7. The molecule has 0 aliphatic rings. The zero-order valence-electron chi connectivity index (χ0n) is 13.6. The quantitative estimate of drug-likeness (QED) is 0.262. The fourth-order valence-corrected chi connectivity index (χ4v) is 2.31. The molecule has 1 amide bonds. The molecule has 6 N–H and O–H groups in total. The second-order valence-corrected chi connectivity index (χ2v) is 5.45. The van der Waals surface area contributed by atoms with E-state index in [1.165, 1.54) is 36.8 Å². The number of hydrogen-bond acceptors (Lipinski definition) is 8. The van der Waals surface area contributed by atoms with Gasteiger partial charge in [-0.3, -0.25) is 9.59 Å². The molecule has 11 heteroatoms. The average Bonchev–Trinajstić information content (AvgIpc) is 3.13. The standard InChI is InChI=1S/C15H18N6O5/c16-11(5-9-6-18-8-19-9)14(23)10-3-1-2-4-13(10)20(21(25)26)15(24)12(17)7-22/h1-4,6,8,11-12,22H,5,7,16-17H2,(H,18,19). The lowest BCUT2D eigenvalue weighted by Crippen LogP contribution is -2.49. The van der Waals surface area contributed by atoms with Gasteiger partial charge in [0.1, 0.15) is 11.7 Å². The SMILES string of the molecule is NC(Cc1cnc[nH]1)C(=O)c1ccccc1N(C(=O)C(N)CO)[N+](=O)[O-]. The van der Waals surface area contributed by atoms with E-state index < -0.39 is 35.4 Å². The molecule has 2 rings (SSSR count). The number of nitro groups is 1. The molecule has 0 spiro atoms. The van der Waals surface area contributed by atoms with Gasteiger partial charge in [-0.1, -0.05) is 12.1 Å². The van der Waals surface area contributed by atoms with Crippen molar-refractivity contribution in [2.75, 3.05) is 11.6 Å². The first kappa shape index (κ1) is 19.2. The topological polar surface area (TPSA) is 181 Å². The predicted octanol–water partition coefficient (Wildman–Crippen LogP) is -0.993. The van der Waals surface area contributed by atoms with Gasteiger partial charge in [0.05, 0.1) is 19.0 Å². The van der Waals surface area contributed by atoms with Crippen molar-refractivity contribution in [2.45, 2.75) is 18.5 Å². The number of aliphatic hydroxyl groups is 1. The number of hydrogen-bond donors (Lipinski definition) is 4. The maximum Gasteiger partial charge on any atom is 0.308 e. The van der Waals surface area contributed by atoms with Gasteiger partial charge in [-0.05, 0) is 17.1 Å². The summed E-state index contributed by atoms with van der Waals surface area (Å²) in [4.78, 5) is 42.9. The lowest BCUT2D eigenvalue weighted by atomic mass is 9.99. The number of H-pyrrole nitrogens is 1. The number of para-hydroxylation sites is 1. The van der Waals surface area contributed by atoms with Crippen molar-refractivity contribution in [1.29, 1.82) is 0 Å². The van der Waals surface area contributed by atoms with Crippen LogP contribution in [-0.4, -0.2) is 50.5 Å². The molecule has 2 unspecified atom stereocenters. The number of ketones is 1. The van der Waals surface area contributed by atoms with Crippen molar-refractivity contribution in [1.82, 2.24) is 9.97 Å². The van der Waals surface area contributed by atoms with Gasteiger partial charge < -0.3 is 21.6 Å². The number of nitrogens with one attached hydrogen (secondary N) is 1.